The molecular weight excluding hydrogens is 272 g/mol. The van der Waals surface area contributed by atoms with Crippen LogP contribution < -0.4 is 10.5 Å². The van der Waals surface area contributed by atoms with Crippen molar-refractivity contribution in [1.82, 2.24) is 15.0 Å². The third-order valence-electron chi connectivity index (χ3n) is 2.88. The van der Waals surface area contributed by atoms with Gasteiger partial charge in [0.05, 0.1) is 23.8 Å². The van der Waals surface area contributed by atoms with Crippen molar-refractivity contribution in [3.63, 3.8) is 0 Å². The highest BCUT2D eigenvalue weighted by Gasteiger charge is 2.09. The fraction of sp³-hybridized carbons (Fsp3) is 0.143. The maximum atomic E-state index is 5.96. The molecule has 0 unspecified atom stereocenters. The SMILES string of the molecule is COc1ccc2nc(Sc3ncc(C)cc3N)[nH]c2c1. The quantitative estimate of drug-likeness (QED) is 0.774. The number of hydrogen-bond donors (Lipinski definition) is 2. The summed E-state index contributed by atoms with van der Waals surface area (Å²) in [7, 11) is 1.64. The first kappa shape index (κ1) is 12.8. The molecule has 0 aliphatic rings. The summed E-state index contributed by atoms with van der Waals surface area (Å²) in [6.07, 6.45) is 1.80. The Hall–Kier alpha value is -2.21. The second-order valence-electron chi connectivity index (χ2n) is 4.43. The number of anilines is 1. The Morgan fingerprint density at radius 1 is 1.30 bits per heavy atom. The third kappa shape index (κ3) is 2.42. The molecule has 0 aliphatic heterocycles. The Balaban J connectivity index is 1.94. The molecular formula is C14H14N4OS. The van der Waals surface area contributed by atoms with Crippen molar-refractivity contribution in [1.29, 1.82) is 0 Å². The first-order valence-corrected chi connectivity index (χ1v) is 6.91. The Morgan fingerprint density at radius 2 is 2.15 bits per heavy atom. The lowest BCUT2D eigenvalue weighted by Gasteiger charge is -2.02. The molecule has 0 aliphatic carbocycles. The van der Waals surface area contributed by atoms with Crippen LogP contribution in [0.4, 0.5) is 5.69 Å². The number of rotatable bonds is 3. The molecule has 2 aromatic heterocycles. The van der Waals surface area contributed by atoms with Crippen LogP contribution >= 0.6 is 11.8 Å². The molecule has 0 atom stereocenters. The van der Waals surface area contributed by atoms with Gasteiger partial charge in [0.15, 0.2) is 5.16 Å². The van der Waals surface area contributed by atoms with Crippen molar-refractivity contribution in [2.24, 2.45) is 0 Å². The van der Waals surface area contributed by atoms with Gasteiger partial charge in [0.2, 0.25) is 0 Å². The Labute approximate surface area is 120 Å². The Morgan fingerprint density at radius 3 is 2.90 bits per heavy atom. The summed E-state index contributed by atoms with van der Waals surface area (Å²) >= 11 is 1.42. The smallest absolute Gasteiger partial charge is 0.172 e. The molecule has 2 heterocycles. The number of aromatic amines is 1. The highest BCUT2D eigenvalue weighted by atomic mass is 32.2. The molecule has 0 saturated carbocycles. The van der Waals surface area contributed by atoms with E-state index in [1.807, 2.05) is 31.2 Å². The summed E-state index contributed by atoms with van der Waals surface area (Å²) in [5, 5.41) is 1.51. The number of imidazole rings is 1. The number of nitrogens with zero attached hydrogens (tertiary/aromatic N) is 2. The van der Waals surface area contributed by atoms with E-state index < -0.39 is 0 Å². The summed E-state index contributed by atoms with van der Waals surface area (Å²) in [5.41, 5.74) is 9.48. The average Bonchev–Trinajstić information content (AvgIpc) is 2.83. The second-order valence-corrected chi connectivity index (χ2v) is 5.41. The fourth-order valence-corrected chi connectivity index (χ4v) is 2.67. The topological polar surface area (TPSA) is 76.8 Å². The van der Waals surface area contributed by atoms with Crippen molar-refractivity contribution in [2.75, 3.05) is 12.8 Å². The molecule has 0 amide bonds. The van der Waals surface area contributed by atoms with E-state index in [0.29, 0.717) is 5.69 Å². The predicted molar refractivity (Wildman–Crippen MR) is 80.2 cm³/mol. The number of nitrogens with two attached hydrogens (primary N) is 1. The number of aryl methyl sites for hydroxylation is 1. The summed E-state index contributed by atoms with van der Waals surface area (Å²) < 4.78 is 5.20. The Bertz CT molecular complexity index is 769. The van der Waals surface area contributed by atoms with E-state index in [1.165, 1.54) is 11.8 Å². The van der Waals surface area contributed by atoms with E-state index in [9.17, 15) is 0 Å². The van der Waals surface area contributed by atoms with Gasteiger partial charge < -0.3 is 15.5 Å². The Kier molecular flexibility index (Phi) is 3.23. The molecule has 0 saturated heterocycles. The van der Waals surface area contributed by atoms with E-state index in [-0.39, 0.29) is 0 Å². The summed E-state index contributed by atoms with van der Waals surface area (Å²) in [4.78, 5) is 12.1. The van der Waals surface area contributed by atoms with Crippen molar-refractivity contribution >= 4 is 28.5 Å². The number of nitrogen functional groups attached to an aromatic ring is 1. The van der Waals surface area contributed by atoms with Crippen LogP contribution in [0.2, 0.25) is 0 Å². The largest absolute Gasteiger partial charge is 0.497 e. The maximum Gasteiger partial charge on any atom is 0.172 e. The van der Waals surface area contributed by atoms with Crippen LogP contribution in [0.5, 0.6) is 5.75 Å². The average molecular weight is 286 g/mol. The van der Waals surface area contributed by atoms with Crippen LogP contribution in [0.15, 0.2) is 40.6 Å². The highest BCUT2D eigenvalue weighted by molar-refractivity contribution is 7.99. The van der Waals surface area contributed by atoms with Crippen LogP contribution in [-0.2, 0) is 0 Å². The van der Waals surface area contributed by atoms with E-state index in [1.54, 1.807) is 13.3 Å². The maximum absolute atomic E-state index is 5.96. The minimum absolute atomic E-state index is 0.660. The van der Waals surface area contributed by atoms with Crippen molar-refractivity contribution in [3.05, 3.63) is 36.0 Å². The lowest BCUT2D eigenvalue weighted by Crippen LogP contribution is -1.93. The summed E-state index contributed by atoms with van der Waals surface area (Å²) in [5.74, 6) is 0.797. The summed E-state index contributed by atoms with van der Waals surface area (Å²) in [6.45, 7) is 1.96. The molecule has 0 radical (unpaired) electrons. The van der Waals surface area contributed by atoms with Crippen molar-refractivity contribution in [3.8, 4) is 5.75 Å². The van der Waals surface area contributed by atoms with Crippen LogP contribution in [-0.4, -0.2) is 22.1 Å². The summed E-state index contributed by atoms with van der Waals surface area (Å²) in [6, 6.07) is 7.62. The molecule has 0 spiro atoms. The number of methoxy groups -OCH3 is 1. The number of pyridine rings is 1. The first-order valence-electron chi connectivity index (χ1n) is 6.09. The molecule has 0 fully saturated rings. The van der Waals surface area contributed by atoms with Gasteiger partial charge >= 0.3 is 0 Å². The number of aromatic nitrogens is 3. The fourth-order valence-electron chi connectivity index (χ4n) is 1.90. The van der Waals surface area contributed by atoms with Crippen LogP contribution in [0, 0.1) is 6.92 Å². The molecule has 0 bridgehead atoms. The van der Waals surface area contributed by atoms with E-state index in [0.717, 1.165) is 32.5 Å². The van der Waals surface area contributed by atoms with Gasteiger partial charge in [0.1, 0.15) is 10.8 Å². The van der Waals surface area contributed by atoms with E-state index >= 15 is 0 Å². The van der Waals surface area contributed by atoms with Gasteiger partial charge in [-0.2, -0.15) is 0 Å². The van der Waals surface area contributed by atoms with Gasteiger partial charge in [-0.3, -0.25) is 0 Å². The second kappa shape index (κ2) is 5.05. The van der Waals surface area contributed by atoms with Crippen molar-refractivity contribution < 1.29 is 4.74 Å². The zero-order chi connectivity index (χ0) is 14.1. The van der Waals surface area contributed by atoms with Crippen molar-refractivity contribution in [2.45, 2.75) is 17.1 Å². The van der Waals surface area contributed by atoms with Gasteiger partial charge in [-0.1, -0.05) is 0 Å². The predicted octanol–water partition coefficient (Wildman–Crippen LogP) is 3.01. The number of H-pyrrole nitrogens is 1. The zero-order valence-corrected chi connectivity index (χ0v) is 12.0. The van der Waals surface area contributed by atoms with Crippen LogP contribution in [0.25, 0.3) is 11.0 Å². The minimum Gasteiger partial charge on any atom is -0.497 e. The number of nitrogens with one attached hydrogen (secondary N) is 1. The number of fused-ring (bicyclic) bond motifs is 1. The first-order chi connectivity index (χ1) is 9.65. The number of ether oxygens (including phenoxy) is 1. The van der Waals surface area contributed by atoms with Gasteiger partial charge in [-0.05, 0) is 42.4 Å². The molecule has 20 heavy (non-hydrogen) atoms. The number of benzene rings is 1. The normalized spacial score (nSPS) is 10.9. The molecule has 6 heteroatoms. The molecule has 5 nitrogen and oxygen atoms in total. The van der Waals surface area contributed by atoms with Crippen LogP contribution in [0.3, 0.4) is 0 Å². The van der Waals surface area contributed by atoms with E-state index in [4.69, 9.17) is 10.5 Å². The van der Waals surface area contributed by atoms with Gasteiger partial charge in [0, 0.05) is 12.3 Å². The molecule has 102 valence electrons. The third-order valence-corrected chi connectivity index (χ3v) is 3.80. The highest BCUT2D eigenvalue weighted by Crippen LogP contribution is 2.30. The standard InChI is InChI=1S/C14H14N4OS/c1-8-5-10(15)13(16-7-8)20-14-17-11-4-3-9(19-2)6-12(11)18-14/h3-7H,15H2,1-2H3,(H,17,18). The number of hydrogen-bond acceptors (Lipinski definition) is 5. The lowest BCUT2D eigenvalue weighted by atomic mass is 10.3. The van der Waals surface area contributed by atoms with Gasteiger partial charge in [-0.25, -0.2) is 9.97 Å². The molecule has 3 aromatic rings. The zero-order valence-electron chi connectivity index (χ0n) is 11.2. The monoisotopic (exact) mass is 286 g/mol. The van der Waals surface area contributed by atoms with E-state index in [2.05, 4.69) is 15.0 Å². The lowest BCUT2D eigenvalue weighted by molar-refractivity contribution is 0.415. The molecule has 3 N–H and O–H groups in total. The molecule has 1 aromatic carbocycles. The minimum atomic E-state index is 0.660. The molecule has 3 rings (SSSR count). The van der Waals surface area contributed by atoms with Gasteiger partial charge in [-0.15, -0.1) is 0 Å². The van der Waals surface area contributed by atoms with Crippen LogP contribution in [0.1, 0.15) is 5.56 Å². The van der Waals surface area contributed by atoms with Gasteiger partial charge in [0.25, 0.3) is 0 Å².